The molecule has 2 aliphatic rings. The van der Waals surface area contributed by atoms with E-state index in [1.54, 1.807) is 0 Å². The van der Waals surface area contributed by atoms with Gasteiger partial charge in [0.05, 0.1) is 0 Å². The number of hydrogen-bond acceptors (Lipinski definition) is 7. The number of para-hydroxylation sites is 2. The van der Waals surface area contributed by atoms with Crippen LogP contribution in [0.15, 0.2) is 113 Å². The van der Waals surface area contributed by atoms with E-state index in [2.05, 4.69) is 94.4 Å². The number of allylic oxidation sites excluding steroid dienone is 6. The standard InChI is InChI=1S/C38H40N2O6S2Se2.Na/c41-47(42,43)27-10-8-25-39-32-17-4-6-19-34(32)49-36(39)23-21-30-15-12-16-31(38(30)29-13-2-1-3-14-29)22-24-37-40(26-9-11-28-48(44,45)46)33-18-5-7-20-35(33)50-37;/h1-7,13-14,17-24H,8-12,15-16,25-28H2,(H-,41,42,43,44,45,46);/q;+1/p-1. The van der Waals surface area contributed by atoms with Gasteiger partial charge in [0, 0.05) is 0 Å². The molecule has 0 spiro atoms. The molecule has 6 rings (SSSR count). The summed E-state index contributed by atoms with van der Waals surface area (Å²) in [7, 11) is -8.45. The number of unbranched alkanes of at least 4 members (excludes halogenated alkanes) is 2. The molecule has 0 atom stereocenters. The third-order valence-electron chi connectivity index (χ3n) is 8.78. The molecule has 0 amide bonds. The molecule has 1 aliphatic carbocycles. The molecule has 0 unspecified atom stereocenters. The van der Waals surface area contributed by atoms with Gasteiger partial charge in [-0.25, -0.2) is 0 Å². The van der Waals surface area contributed by atoms with Gasteiger partial charge in [0.2, 0.25) is 0 Å². The Bertz CT molecular complexity index is 2200. The first-order valence-corrected chi connectivity index (χ1v) is 23.3. The van der Waals surface area contributed by atoms with Gasteiger partial charge in [-0.1, -0.05) is 0 Å². The van der Waals surface area contributed by atoms with Gasteiger partial charge in [0.1, 0.15) is 0 Å². The molecule has 0 saturated heterocycles. The zero-order valence-corrected chi connectivity index (χ0v) is 35.6. The van der Waals surface area contributed by atoms with Gasteiger partial charge in [-0.2, -0.15) is 0 Å². The first-order valence-electron chi connectivity index (χ1n) is 16.8. The zero-order valence-electron chi connectivity index (χ0n) is 28.6. The van der Waals surface area contributed by atoms with E-state index in [4.69, 9.17) is 0 Å². The molecule has 13 heteroatoms. The SMILES string of the molecule is O=S(=O)([O-])CCCCN1/C(=C/C=C2\CCCC(/C=C/c3[se]c4ccccc4[n+]3CCCCS(=O)(=O)[O-])=C2c2ccccc2)[Se]c2ccccc21.[Na+]. The Labute approximate surface area is 335 Å². The van der Waals surface area contributed by atoms with Crippen molar-refractivity contribution >= 4 is 81.3 Å². The maximum absolute atomic E-state index is 11.2. The quantitative estimate of drug-likeness (QED) is 0.0825. The number of aryl methyl sites for hydroxylation is 1. The Morgan fingerprint density at radius 1 is 0.765 bits per heavy atom. The second-order valence-electron chi connectivity index (χ2n) is 12.4. The molecule has 1 aliphatic heterocycles. The van der Waals surface area contributed by atoms with E-state index in [1.807, 2.05) is 18.2 Å². The minimum atomic E-state index is -4.23. The predicted octanol–water partition coefficient (Wildman–Crippen LogP) is 2.11. The van der Waals surface area contributed by atoms with Crippen LogP contribution in [0.1, 0.15) is 55.1 Å². The third kappa shape index (κ3) is 11.0. The number of benzene rings is 3. The Hall–Kier alpha value is -2.05. The number of aromatic nitrogens is 1. The molecule has 2 heterocycles. The van der Waals surface area contributed by atoms with Gasteiger partial charge in [-0.05, 0) is 0 Å². The van der Waals surface area contributed by atoms with Crippen LogP contribution in [0.25, 0.3) is 21.4 Å². The minimum Gasteiger partial charge on any atom is 1.00 e. The molecule has 51 heavy (non-hydrogen) atoms. The van der Waals surface area contributed by atoms with Crippen molar-refractivity contribution < 1.29 is 60.1 Å². The number of fused-ring (bicyclic) bond motifs is 2. The third-order valence-corrected chi connectivity index (χ3v) is 15.1. The monoisotopic (exact) mass is 866 g/mol. The van der Waals surface area contributed by atoms with Crippen LogP contribution in [0.4, 0.5) is 5.69 Å². The van der Waals surface area contributed by atoms with E-state index in [1.165, 1.54) is 40.2 Å². The van der Waals surface area contributed by atoms with E-state index in [0.29, 0.717) is 38.8 Å². The molecule has 8 nitrogen and oxygen atoms in total. The van der Waals surface area contributed by atoms with Crippen molar-refractivity contribution in [3.8, 4) is 0 Å². The summed E-state index contributed by atoms with van der Waals surface area (Å²) < 4.78 is 74.4. The fourth-order valence-corrected chi connectivity index (χ4v) is 12.2. The van der Waals surface area contributed by atoms with Crippen molar-refractivity contribution in [3.05, 3.63) is 123 Å². The summed E-state index contributed by atoms with van der Waals surface area (Å²) in [6.07, 6.45) is 13.9. The molecule has 0 N–H and O–H groups in total. The number of anilines is 1. The molecule has 0 radical (unpaired) electrons. The smallest absolute Gasteiger partial charge is 1.00 e. The molecule has 3 aromatic carbocycles. The predicted molar refractivity (Wildman–Crippen MR) is 200 cm³/mol. The van der Waals surface area contributed by atoms with Crippen LogP contribution in [0, 0.1) is 0 Å². The van der Waals surface area contributed by atoms with Crippen molar-refractivity contribution in [1.29, 1.82) is 0 Å². The van der Waals surface area contributed by atoms with Crippen molar-refractivity contribution in [2.45, 2.75) is 51.5 Å². The minimum absolute atomic E-state index is 0. The Morgan fingerprint density at radius 2 is 1.45 bits per heavy atom. The van der Waals surface area contributed by atoms with E-state index in [0.717, 1.165) is 30.5 Å². The zero-order chi connectivity index (χ0) is 35.1. The summed E-state index contributed by atoms with van der Waals surface area (Å²) in [5.74, 6) is -0.678. The van der Waals surface area contributed by atoms with Crippen LogP contribution in [-0.2, 0) is 26.8 Å². The van der Waals surface area contributed by atoms with Crippen molar-refractivity contribution in [2.75, 3.05) is 23.0 Å². The summed E-state index contributed by atoms with van der Waals surface area (Å²) in [5, 5.41) is 0. The fraction of sp³-hybridized carbons (Fsp3) is 0.289. The summed E-state index contributed by atoms with van der Waals surface area (Å²) >= 11 is 0.202. The normalized spacial score (nSPS) is 16.8. The van der Waals surface area contributed by atoms with Crippen LogP contribution in [0.5, 0.6) is 0 Å². The topological polar surface area (TPSA) is 122 Å². The molecule has 0 fully saturated rings. The van der Waals surface area contributed by atoms with Crippen LogP contribution in [0.3, 0.4) is 0 Å². The number of nitrogens with zero attached hydrogens (tertiary/aromatic N) is 2. The fourth-order valence-electron chi connectivity index (χ4n) is 6.49. The Kier molecular flexibility index (Phi) is 14.4. The van der Waals surface area contributed by atoms with Crippen molar-refractivity contribution in [1.82, 2.24) is 0 Å². The van der Waals surface area contributed by atoms with E-state index >= 15 is 0 Å². The maximum Gasteiger partial charge on any atom is 1.00 e. The van der Waals surface area contributed by atoms with Gasteiger partial charge < -0.3 is 0 Å². The van der Waals surface area contributed by atoms with Crippen LogP contribution in [0.2, 0.25) is 0 Å². The molecular weight excluding hydrogens is 825 g/mol. The second kappa shape index (κ2) is 18.3. The largest absolute Gasteiger partial charge is 1.00 e. The van der Waals surface area contributed by atoms with Gasteiger partial charge in [0.25, 0.3) is 0 Å². The molecule has 0 bridgehead atoms. The molecular formula is C38H39N2NaO6S2Se2. The second-order valence-corrected chi connectivity index (χ2v) is 19.9. The first-order chi connectivity index (χ1) is 24.1. The summed E-state index contributed by atoms with van der Waals surface area (Å²) in [4.78, 5) is 2.29. The van der Waals surface area contributed by atoms with Crippen molar-refractivity contribution in [3.63, 3.8) is 0 Å². The number of rotatable bonds is 14. The molecule has 0 saturated carbocycles. The Morgan fingerprint density at radius 3 is 2.22 bits per heavy atom. The summed E-state index contributed by atoms with van der Waals surface area (Å²) in [5.41, 5.74) is 7.29. The van der Waals surface area contributed by atoms with E-state index < -0.39 is 20.2 Å². The Balaban J connectivity index is 0.00000504. The van der Waals surface area contributed by atoms with Crippen LogP contribution >= 0.6 is 0 Å². The van der Waals surface area contributed by atoms with Gasteiger partial charge >= 0.3 is 339 Å². The number of hydrogen-bond donors (Lipinski definition) is 0. The van der Waals surface area contributed by atoms with Crippen LogP contribution in [-0.4, -0.2) is 73.5 Å². The molecule has 4 aromatic rings. The maximum atomic E-state index is 11.2. The first kappa shape index (κ1) is 40.1. The van der Waals surface area contributed by atoms with E-state index in [9.17, 15) is 25.9 Å². The van der Waals surface area contributed by atoms with Crippen LogP contribution < -0.4 is 43.5 Å². The van der Waals surface area contributed by atoms with Crippen molar-refractivity contribution in [2.24, 2.45) is 0 Å². The van der Waals surface area contributed by atoms with Gasteiger partial charge in [-0.15, -0.1) is 0 Å². The van der Waals surface area contributed by atoms with E-state index in [-0.39, 0.29) is 70.5 Å². The molecule has 262 valence electrons. The summed E-state index contributed by atoms with van der Waals surface area (Å²) in [6, 6.07) is 27.2. The van der Waals surface area contributed by atoms with Gasteiger partial charge in [-0.3, -0.25) is 0 Å². The average molecular weight is 865 g/mol. The average Bonchev–Trinajstić information content (AvgIpc) is 3.63. The van der Waals surface area contributed by atoms with Gasteiger partial charge in [0.15, 0.2) is 0 Å². The molecule has 1 aromatic heterocycles. The summed E-state index contributed by atoms with van der Waals surface area (Å²) in [6.45, 7) is 1.31.